The number of aromatic nitrogens is 3. The zero-order valence-electron chi connectivity index (χ0n) is 11.8. The molecule has 0 radical (unpaired) electrons. The first-order valence-corrected chi connectivity index (χ1v) is 6.95. The molecule has 6 heteroatoms. The second kappa shape index (κ2) is 5.20. The number of fused-ring (bicyclic) bond motifs is 1. The van der Waals surface area contributed by atoms with Gasteiger partial charge in [0.05, 0.1) is 5.52 Å². The van der Waals surface area contributed by atoms with Gasteiger partial charge in [0.1, 0.15) is 5.52 Å². The van der Waals surface area contributed by atoms with Crippen LogP contribution in [0.2, 0.25) is 0 Å². The monoisotopic (exact) mass is 273 g/mol. The number of benzene rings is 1. The molecule has 1 atom stereocenters. The number of likely N-dealkylation sites (tertiary alicyclic amines) is 1. The van der Waals surface area contributed by atoms with E-state index in [-0.39, 0.29) is 5.91 Å². The molecule has 1 fully saturated rings. The van der Waals surface area contributed by atoms with E-state index >= 15 is 0 Å². The van der Waals surface area contributed by atoms with Gasteiger partial charge in [-0.1, -0.05) is 5.21 Å². The maximum atomic E-state index is 12.6. The Kier molecular flexibility index (Phi) is 3.40. The average Bonchev–Trinajstić information content (AvgIpc) is 3.06. The predicted octanol–water partition coefficient (Wildman–Crippen LogP) is 0.792. The van der Waals surface area contributed by atoms with Gasteiger partial charge in [0, 0.05) is 31.7 Å². The summed E-state index contributed by atoms with van der Waals surface area (Å²) in [6.45, 7) is 1.68. The van der Waals surface area contributed by atoms with Crippen molar-refractivity contribution in [2.45, 2.75) is 18.9 Å². The number of amides is 1. The summed E-state index contributed by atoms with van der Waals surface area (Å²) in [5.74, 6) is 0.0929. The van der Waals surface area contributed by atoms with Gasteiger partial charge in [0.15, 0.2) is 0 Å². The highest BCUT2D eigenvalue weighted by Gasteiger charge is 2.28. The number of hydrogen-bond donors (Lipinski definition) is 1. The number of aryl methyl sites for hydroxylation is 1. The molecular formula is C14H19N5O. The molecule has 1 saturated heterocycles. The smallest absolute Gasteiger partial charge is 0.254 e. The lowest BCUT2D eigenvalue weighted by Crippen LogP contribution is -2.40. The summed E-state index contributed by atoms with van der Waals surface area (Å²) < 4.78 is 1.71. The van der Waals surface area contributed by atoms with Gasteiger partial charge >= 0.3 is 0 Å². The number of carbonyl (C=O) groups excluding carboxylic acids is 1. The number of rotatable bonds is 3. The molecule has 106 valence electrons. The highest BCUT2D eigenvalue weighted by atomic mass is 16.2. The summed E-state index contributed by atoms with van der Waals surface area (Å²) in [7, 11) is 3.77. The second-order valence-electron chi connectivity index (χ2n) is 5.27. The number of nitrogens with zero attached hydrogens (tertiary/aromatic N) is 4. The van der Waals surface area contributed by atoms with E-state index in [9.17, 15) is 4.79 Å². The third-order valence-corrected chi connectivity index (χ3v) is 3.94. The third-order valence-electron chi connectivity index (χ3n) is 3.94. The molecule has 1 N–H and O–H groups in total. The molecule has 1 amide bonds. The van der Waals surface area contributed by atoms with Crippen LogP contribution in [0.25, 0.3) is 11.0 Å². The van der Waals surface area contributed by atoms with E-state index in [0.29, 0.717) is 11.6 Å². The van der Waals surface area contributed by atoms with Crippen LogP contribution in [-0.4, -0.2) is 52.0 Å². The van der Waals surface area contributed by atoms with Crippen molar-refractivity contribution < 1.29 is 4.79 Å². The molecule has 1 aliphatic heterocycles. The molecule has 1 aromatic heterocycles. The van der Waals surface area contributed by atoms with Crippen LogP contribution < -0.4 is 5.32 Å². The molecule has 1 unspecified atom stereocenters. The number of carbonyl (C=O) groups is 1. The SMILES string of the molecule is CNCC1CCCN1C(=O)c1ccc2c(c1)nnn2C. The van der Waals surface area contributed by atoms with Gasteiger partial charge in [-0.2, -0.15) is 0 Å². The Morgan fingerprint density at radius 3 is 3.15 bits per heavy atom. The molecule has 20 heavy (non-hydrogen) atoms. The first kappa shape index (κ1) is 13.1. The van der Waals surface area contributed by atoms with Crippen molar-refractivity contribution in [1.29, 1.82) is 0 Å². The van der Waals surface area contributed by atoms with E-state index in [1.54, 1.807) is 4.68 Å². The number of nitrogens with one attached hydrogen (secondary N) is 1. The maximum Gasteiger partial charge on any atom is 0.254 e. The predicted molar refractivity (Wildman–Crippen MR) is 76.5 cm³/mol. The molecule has 6 nitrogen and oxygen atoms in total. The van der Waals surface area contributed by atoms with Crippen LogP contribution in [-0.2, 0) is 7.05 Å². The fourth-order valence-corrected chi connectivity index (χ4v) is 2.89. The molecular weight excluding hydrogens is 254 g/mol. The highest BCUT2D eigenvalue weighted by molar-refractivity contribution is 5.97. The molecule has 3 rings (SSSR count). The van der Waals surface area contributed by atoms with Gasteiger partial charge in [0.25, 0.3) is 5.91 Å². The summed E-state index contributed by atoms with van der Waals surface area (Å²) in [5, 5.41) is 11.2. The van der Waals surface area contributed by atoms with Gasteiger partial charge in [-0.25, -0.2) is 4.68 Å². The summed E-state index contributed by atoms with van der Waals surface area (Å²) in [6, 6.07) is 5.90. The molecule has 0 spiro atoms. The zero-order valence-corrected chi connectivity index (χ0v) is 11.8. The van der Waals surface area contributed by atoms with Gasteiger partial charge in [0.2, 0.25) is 0 Å². The summed E-state index contributed by atoms with van der Waals surface area (Å²) in [4.78, 5) is 14.6. The van der Waals surface area contributed by atoms with Crippen molar-refractivity contribution in [3.05, 3.63) is 23.8 Å². The van der Waals surface area contributed by atoms with Crippen LogP contribution in [0.5, 0.6) is 0 Å². The largest absolute Gasteiger partial charge is 0.334 e. The Morgan fingerprint density at radius 1 is 1.50 bits per heavy atom. The van der Waals surface area contributed by atoms with E-state index in [0.717, 1.165) is 37.0 Å². The Morgan fingerprint density at radius 2 is 2.35 bits per heavy atom. The lowest BCUT2D eigenvalue weighted by Gasteiger charge is -2.24. The Balaban J connectivity index is 1.88. The van der Waals surface area contributed by atoms with Gasteiger partial charge < -0.3 is 10.2 Å². The lowest BCUT2D eigenvalue weighted by molar-refractivity contribution is 0.0737. The molecule has 1 aromatic carbocycles. The topological polar surface area (TPSA) is 63.1 Å². The first-order valence-electron chi connectivity index (χ1n) is 6.95. The van der Waals surface area contributed by atoms with E-state index in [1.807, 2.05) is 37.2 Å². The Hall–Kier alpha value is -1.95. The first-order chi connectivity index (χ1) is 9.70. The van der Waals surface area contributed by atoms with Gasteiger partial charge in [-0.3, -0.25) is 4.79 Å². The van der Waals surface area contributed by atoms with Crippen LogP contribution in [0.4, 0.5) is 0 Å². The van der Waals surface area contributed by atoms with E-state index in [4.69, 9.17) is 0 Å². The summed E-state index contributed by atoms with van der Waals surface area (Å²) in [5.41, 5.74) is 2.40. The Bertz CT molecular complexity index is 636. The number of likely N-dealkylation sites (N-methyl/N-ethyl adjacent to an activating group) is 1. The van der Waals surface area contributed by atoms with Crippen LogP contribution >= 0.6 is 0 Å². The Labute approximate surface area is 117 Å². The minimum atomic E-state index is 0.0929. The van der Waals surface area contributed by atoms with Crippen LogP contribution in [0, 0.1) is 0 Å². The minimum absolute atomic E-state index is 0.0929. The quantitative estimate of drug-likeness (QED) is 0.898. The molecule has 0 aliphatic carbocycles. The average molecular weight is 273 g/mol. The van der Waals surface area contributed by atoms with E-state index in [1.165, 1.54) is 0 Å². The maximum absolute atomic E-state index is 12.6. The van der Waals surface area contributed by atoms with Crippen molar-refractivity contribution >= 4 is 16.9 Å². The normalized spacial score (nSPS) is 18.9. The minimum Gasteiger partial charge on any atom is -0.334 e. The van der Waals surface area contributed by atoms with Crippen molar-refractivity contribution in [2.75, 3.05) is 20.1 Å². The zero-order chi connectivity index (χ0) is 14.1. The van der Waals surface area contributed by atoms with Gasteiger partial charge in [-0.05, 0) is 38.1 Å². The standard InChI is InChI=1S/C14H19N5O/c1-15-9-11-4-3-7-19(11)14(20)10-5-6-13-12(8-10)16-17-18(13)2/h5-6,8,11,15H,3-4,7,9H2,1-2H3. The van der Waals surface area contributed by atoms with Crippen LogP contribution in [0.1, 0.15) is 23.2 Å². The number of hydrogen-bond acceptors (Lipinski definition) is 4. The molecule has 1 aliphatic rings. The van der Waals surface area contributed by atoms with Crippen molar-refractivity contribution in [3.8, 4) is 0 Å². The van der Waals surface area contributed by atoms with Crippen molar-refractivity contribution in [1.82, 2.24) is 25.2 Å². The fourth-order valence-electron chi connectivity index (χ4n) is 2.89. The van der Waals surface area contributed by atoms with Crippen LogP contribution in [0.3, 0.4) is 0 Å². The third kappa shape index (κ3) is 2.16. The lowest BCUT2D eigenvalue weighted by atomic mass is 10.1. The van der Waals surface area contributed by atoms with Crippen LogP contribution in [0.15, 0.2) is 18.2 Å². The molecule has 2 aromatic rings. The highest BCUT2D eigenvalue weighted by Crippen LogP contribution is 2.21. The molecule has 0 saturated carbocycles. The molecule has 2 heterocycles. The van der Waals surface area contributed by atoms with Crippen molar-refractivity contribution in [2.24, 2.45) is 7.05 Å². The summed E-state index contributed by atoms with van der Waals surface area (Å²) >= 11 is 0. The fraction of sp³-hybridized carbons (Fsp3) is 0.500. The molecule has 0 bridgehead atoms. The van der Waals surface area contributed by atoms with Crippen molar-refractivity contribution in [3.63, 3.8) is 0 Å². The summed E-state index contributed by atoms with van der Waals surface area (Å²) in [6.07, 6.45) is 2.14. The van der Waals surface area contributed by atoms with E-state index in [2.05, 4.69) is 15.6 Å². The van der Waals surface area contributed by atoms with Gasteiger partial charge in [-0.15, -0.1) is 5.10 Å². The van der Waals surface area contributed by atoms with E-state index < -0.39 is 0 Å². The second-order valence-corrected chi connectivity index (χ2v) is 5.27.